The SMILES string of the molecule is CONC(=O)c1cnc(NC(=O)C2CC2)cc1Nc1cccc(F)c1N(C)S(C)=O. The van der Waals surface area contributed by atoms with Crippen molar-refractivity contribution in [2.75, 3.05) is 35.4 Å². The number of nitrogens with one attached hydrogen (secondary N) is 3. The molecule has 1 fully saturated rings. The molecule has 9 nitrogen and oxygen atoms in total. The Morgan fingerprint density at radius 1 is 1.30 bits per heavy atom. The number of amides is 2. The number of hydrogen-bond acceptors (Lipinski definition) is 6. The summed E-state index contributed by atoms with van der Waals surface area (Å²) in [6, 6.07) is 5.79. The number of para-hydroxylation sites is 1. The lowest BCUT2D eigenvalue weighted by molar-refractivity contribution is -0.117. The summed E-state index contributed by atoms with van der Waals surface area (Å²) >= 11 is 0. The largest absolute Gasteiger partial charge is 0.353 e. The predicted octanol–water partition coefficient (Wildman–Crippen LogP) is 2.33. The minimum absolute atomic E-state index is 0.0253. The van der Waals surface area contributed by atoms with Crippen molar-refractivity contribution in [3.8, 4) is 0 Å². The molecule has 30 heavy (non-hydrogen) atoms. The number of carbonyl (C=O) groups is 2. The highest BCUT2D eigenvalue weighted by atomic mass is 32.2. The van der Waals surface area contributed by atoms with Gasteiger partial charge in [0.15, 0.2) is 0 Å². The van der Waals surface area contributed by atoms with E-state index < -0.39 is 22.7 Å². The minimum Gasteiger partial charge on any atom is -0.353 e. The first-order valence-electron chi connectivity index (χ1n) is 9.08. The Morgan fingerprint density at radius 3 is 2.67 bits per heavy atom. The van der Waals surface area contributed by atoms with Crippen LogP contribution in [0.25, 0.3) is 0 Å². The third-order valence-corrected chi connectivity index (χ3v) is 5.45. The monoisotopic (exact) mass is 435 g/mol. The van der Waals surface area contributed by atoms with Crippen LogP contribution in [0.3, 0.4) is 0 Å². The van der Waals surface area contributed by atoms with Crippen molar-refractivity contribution in [1.29, 1.82) is 0 Å². The van der Waals surface area contributed by atoms with Gasteiger partial charge in [-0.15, -0.1) is 0 Å². The number of aromatic nitrogens is 1. The van der Waals surface area contributed by atoms with Crippen molar-refractivity contribution < 1.29 is 23.0 Å². The summed E-state index contributed by atoms with van der Waals surface area (Å²) in [5.74, 6) is -1.10. The molecular formula is C19H22FN5O4S. The first kappa shape index (κ1) is 21.7. The average Bonchev–Trinajstić information content (AvgIpc) is 3.53. The van der Waals surface area contributed by atoms with Crippen LogP contribution >= 0.6 is 0 Å². The van der Waals surface area contributed by atoms with Gasteiger partial charge < -0.3 is 10.6 Å². The fraction of sp³-hybridized carbons (Fsp3) is 0.316. The zero-order chi connectivity index (χ0) is 21.8. The predicted molar refractivity (Wildman–Crippen MR) is 112 cm³/mol. The number of halogens is 1. The first-order valence-corrected chi connectivity index (χ1v) is 10.6. The Hall–Kier alpha value is -3.05. The number of anilines is 4. The quantitative estimate of drug-likeness (QED) is 0.549. The van der Waals surface area contributed by atoms with Crippen molar-refractivity contribution >= 4 is 45.7 Å². The lowest BCUT2D eigenvalue weighted by atomic mass is 10.2. The summed E-state index contributed by atoms with van der Waals surface area (Å²) < 4.78 is 27.7. The Balaban J connectivity index is 2.00. The number of hydroxylamine groups is 1. The topological polar surface area (TPSA) is 113 Å². The van der Waals surface area contributed by atoms with Crippen LogP contribution in [0, 0.1) is 11.7 Å². The van der Waals surface area contributed by atoms with Gasteiger partial charge in [-0.25, -0.2) is 19.1 Å². The molecule has 1 unspecified atom stereocenters. The normalized spacial score (nSPS) is 14.0. The fourth-order valence-electron chi connectivity index (χ4n) is 2.74. The number of carbonyl (C=O) groups excluding carboxylic acids is 2. The van der Waals surface area contributed by atoms with Crippen LogP contribution in [0.5, 0.6) is 0 Å². The third-order valence-electron chi connectivity index (χ3n) is 4.50. The minimum atomic E-state index is -1.48. The average molecular weight is 435 g/mol. The third kappa shape index (κ3) is 4.92. The van der Waals surface area contributed by atoms with Crippen molar-refractivity contribution in [1.82, 2.24) is 10.5 Å². The molecule has 0 bridgehead atoms. The highest BCUT2D eigenvalue weighted by Gasteiger charge is 2.30. The van der Waals surface area contributed by atoms with Crippen molar-refractivity contribution in [3.05, 3.63) is 41.8 Å². The summed E-state index contributed by atoms with van der Waals surface area (Å²) in [7, 11) is 1.30. The van der Waals surface area contributed by atoms with Gasteiger partial charge in [0.1, 0.15) is 28.3 Å². The molecule has 1 aliphatic rings. The molecule has 1 aliphatic carbocycles. The Kier molecular flexibility index (Phi) is 6.63. The summed E-state index contributed by atoms with van der Waals surface area (Å²) in [6.45, 7) is 0. The molecule has 1 saturated carbocycles. The molecule has 1 aromatic carbocycles. The second kappa shape index (κ2) is 9.18. The number of rotatable bonds is 8. The zero-order valence-corrected chi connectivity index (χ0v) is 17.5. The standard InChI is InChI=1S/C19H22FN5O4S/c1-25(30(3)28)17-13(20)5-4-6-14(17)22-15-9-16(23-18(26)11-7-8-11)21-10-12(15)19(27)24-29-2/h4-6,9-11H,7-8H2,1-3H3,(H,24,27)(H2,21,22,23,26). The van der Waals surface area contributed by atoms with Gasteiger partial charge in [-0.1, -0.05) is 6.07 Å². The first-order chi connectivity index (χ1) is 14.3. The molecule has 11 heteroatoms. The molecule has 0 saturated heterocycles. The zero-order valence-electron chi connectivity index (χ0n) is 16.7. The molecule has 1 atom stereocenters. The van der Waals surface area contributed by atoms with E-state index in [4.69, 9.17) is 0 Å². The molecule has 3 rings (SSSR count). The summed E-state index contributed by atoms with van der Waals surface area (Å²) in [4.78, 5) is 33.2. The van der Waals surface area contributed by atoms with Crippen LogP contribution in [0.15, 0.2) is 30.5 Å². The molecule has 1 heterocycles. The van der Waals surface area contributed by atoms with Crippen LogP contribution in [-0.2, 0) is 20.6 Å². The van der Waals surface area contributed by atoms with Gasteiger partial charge in [-0.3, -0.25) is 18.7 Å². The summed E-state index contributed by atoms with van der Waals surface area (Å²) in [6.07, 6.45) is 4.36. The molecule has 3 N–H and O–H groups in total. The van der Waals surface area contributed by atoms with Crippen LogP contribution < -0.4 is 20.4 Å². The van der Waals surface area contributed by atoms with Crippen molar-refractivity contribution in [2.24, 2.45) is 5.92 Å². The van der Waals surface area contributed by atoms with E-state index in [9.17, 15) is 18.2 Å². The molecule has 2 amide bonds. The Labute approximate surface area is 175 Å². The van der Waals surface area contributed by atoms with E-state index in [0.717, 1.165) is 12.8 Å². The summed E-state index contributed by atoms with van der Waals surface area (Å²) in [5.41, 5.74) is 2.92. The smallest absolute Gasteiger partial charge is 0.278 e. The van der Waals surface area contributed by atoms with Crippen LogP contribution in [0.1, 0.15) is 23.2 Å². The molecular weight excluding hydrogens is 413 g/mol. The van der Waals surface area contributed by atoms with E-state index >= 15 is 0 Å². The second-order valence-electron chi connectivity index (χ2n) is 6.70. The van der Waals surface area contributed by atoms with Gasteiger partial charge in [0.2, 0.25) is 5.91 Å². The number of nitrogens with zero attached hydrogens (tertiary/aromatic N) is 2. The van der Waals surface area contributed by atoms with E-state index in [1.165, 1.54) is 49.1 Å². The lowest BCUT2D eigenvalue weighted by Crippen LogP contribution is -2.24. The van der Waals surface area contributed by atoms with E-state index in [-0.39, 0.29) is 40.3 Å². The number of benzene rings is 1. The Morgan fingerprint density at radius 2 is 2.03 bits per heavy atom. The maximum atomic E-state index is 14.5. The maximum Gasteiger partial charge on any atom is 0.278 e. The summed E-state index contributed by atoms with van der Waals surface area (Å²) in [5, 5.41) is 5.70. The van der Waals surface area contributed by atoms with Crippen LogP contribution in [0.4, 0.5) is 27.3 Å². The van der Waals surface area contributed by atoms with Crippen molar-refractivity contribution in [2.45, 2.75) is 12.8 Å². The highest BCUT2D eigenvalue weighted by Crippen LogP contribution is 2.34. The molecule has 1 aromatic heterocycles. The second-order valence-corrected chi connectivity index (χ2v) is 8.09. The van der Waals surface area contributed by atoms with Gasteiger partial charge in [-0.05, 0) is 25.0 Å². The van der Waals surface area contributed by atoms with Crippen LogP contribution in [0.2, 0.25) is 0 Å². The number of hydrogen-bond donors (Lipinski definition) is 3. The molecule has 2 aromatic rings. The molecule has 0 aliphatic heterocycles. The Bertz CT molecular complexity index is 999. The number of pyridine rings is 1. The van der Waals surface area contributed by atoms with Crippen molar-refractivity contribution in [3.63, 3.8) is 0 Å². The van der Waals surface area contributed by atoms with Gasteiger partial charge >= 0.3 is 0 Å². The molecule has 160 valence electrons. The van der Waals surface area contributed by atoms with Gasteiger partial charge in [0, 0.05) is 31.5 Å². The molecule has 0 spiro atoms. The fourth-order valence-corrected chi connectivity index (χ4v) is 3.18. The van der Waals surface area contributed by atoms with E-state index in [1.54, 1.807) is 6.07 Å². The van der Waals surface area contributed by atoms with E-state index in [1.807, 2.05) is 0 Å². The van der Waals surface area contributed by atoms with E-state index in [0.29, 0.717) is 0 Å². The lowest BCUT2D eigenvalue weighted by Gasteiger charge is -2.22. The van der Waals surface area contributed by atoms with E-state index in [2.05, 4.69) is 25.9 Å². The maximum absolute atomic E-state index is 14.5. The van der Waals surface area contributed by atoms with Gasteiger partial charge in [0.25, 0.3) is 5.91 Å². The molecule has 0 radical (unpaired) electrons. The van der Waals surface area contributed by atoms with Gasteiger partial charge in [0.05, 0.1) is 24.0 Å². The van der Waals surface area contributed by atoms with Crippen LogP contribution in [-0.4, -0.2) is 41.4 Å². The highest BCUT2D eigenvalue weighted by molar-refractivity contribution is 7.85. The van der Waals surface area contributed by atoms with Gasteiger partial charge in [-0.2, -0.15) is 0 Å².